The van der Waals surface area contributed by atoms with E-state index >= 15 is 0 Å². The molecule has 0 aromatic heterocycles. The van der Waals surface area contributed by atoms with E-state index in [0.29, 0.717) is 6.42 Å². The quantitative estimate of drug-likeness (QED) is 0.675. The molecule has 0 radical (unpaired) electrons. The minimum absolute atomic E-state index is 0.181. The van der Waals surface area contributed by atoms with Gasteiger partial charge >= 0.3 is 0 Å². The van der Waals surface area contributed by atoms with Crippen LogP contribution in [0.4, 0.5) is 0 Å². The van der Waals surface area contributed by atoms with E-state index in [1.807, 2.05) is 0 Å². The summed E-state index contributed by atoms with van der Waals surface area (Å²) < 4.78 is 0. The Bertz CT molecular complexity index is 202. The van der Waals surface area contributed by atoms with E-state index in [1.165, 1.54) is 12.8 Å². The third-order valence-corrected chi connectivity index (χ3v) is 3.08. The Morgan fingerprint density at radius 3 is 3.14 bits per heavy atom. The number of hydrogen-bond donors (Lipinski definition) is 2. The van der Waals surface area contributed by atoms with Crippen LogP contribution in [-0.4, -0.2) is 37.1 Å². The van der Waals surface area contributed by atoms with Crippen LogP contribution in [0.25, 0.3) is 0 Å². The summed E-state index contributed by atoms with van der Waals surface area (Å²) in [5, 5.41) is 5.44. The van der Waals surface area contributed by atoms with E-state index in [2.05, 4.69) is 15.8 Å². The first-order chi connectivity index (χ1) is 6.84. The predicted octanol–water partition coefficient (Wildman–Crippen LogP) is 0.113. The highest BCUT2D eigenvalue weighted by molar-refractivity contribution is 5.75. The molecule has 2 saturated heterocycles. The molecule has 0 spiro atoms. The highest BCUT2D eigenvalue weighted by Gasteiger charge is 2.18. The summed E-state index contributed by atoms with van der Waals surface area (Å²) in [5.41, 5.74) is 2.91. The molecule has 0 saturated carbocycles. The third-order valence-electron chi connectivity index (χ3n) is 3.08. The maximum Gasteiger partial charge on any atom is 0.234 e. The van der Waals surface area contributed by atoms with Crippen molar-refractivity contribution in [2.45, 2.75) is 25.7 Å². The Morgan fingerprint density at radius 1 is 1.50 bits per heavy atom. The molecule has 4 heteroatoms. The maximum atomic E-state index is 11.1. The van der Waals surface area contributed by atoms with E-state index in [1.54, 1.807) is 0 Å². The van der Waals surface area contributed by atoms with Crippen LogP contribution in [0.15, 0.2) is 0 Å². The van der Waals surface area contributed by atoms with Gasteiger partial charge in [0, 0.05) is 19.5 Å². The topological polar surface area (TPSA) is 44.4 Å². The average Bonchev–Trinajstić information content (AvgIpc) is 2.67. The molecular formula is C10H19N3O. The fraction of sp³-hybridized carbons (Fsp3) is 0.900. The number of nitrogens with one attached hydrogen (secondary N) is 2. The van der Waals surface area contributed by atoms with Gasteiger partial charge in [0.05, 0.1) is 0 Å². The van der Waals surface area contributed by atoms with Gasteiger partial charge < -0.3 is 5.32 Å². The third kappa shape index (κ3) is 2.69. The van der Waals surface area contributed by atoms with Gasteiger partial charge in [-0.15, -0.1) is 0 Å². The molecule has 14 heavy (non-hydrogen) atoms. The van der Waals surface area contributed by atoms with Gasteiger partial charge in [-0.05, 0) is 38.3 Å². The second-order valence-corrected chi connectivity index (χ2v) is 4.27. The standard InChI is InChI=1S/C10H19N3O/c14-10-2-1-6-13(12-10)7-4-9-3-5-11-8-9/h9,11H,1-8H2,(H,12,14). The average molecular weight is 197 g/mol. The number of rotatable bonds is 3. The van der Waals surface area contributed by atoms with Gasteiger partial charge in [0.25, 0.3) is 0 Å². The Morgan fingerprint density at radius 2 is 2.43 bits per heavy atom. The fourth-order valence-corrected chi connectivity index (χ4v) is 2.19. The van der Waals surface area contributed by atoms with Gasteiger partial charge in [0.2, 0.25) is 5.91 Å². The van der Waals surface area contributed by atoms with Gasteiger partial charge in [-0.1, -0.05) is 0 Å². The first kappa shape index (κ1) is 9.93. The molecule has 0 aromatic rings. The molecule has 0 bridgehead atoms. The minimum atomic E-state index is 0.181. The number of hydrazine groups is 1. The molecule has 0 aliphatic carbocycles. The highest BCUT2D eigenvalue weighted by Crippen LogP contribution is 2.13. The zero-order valence-electron chi connectivity index (χ0n) is 8.59. The van der Waals surface area contributed by atoms with E-state index in [9.17, 15) is 4.79 Å². The molecule has 1 unspecified atom stereocenters. The molecule has 1 amide bonds. The van der Waals surface area contributed by atoms with Crippen molar-refractivity contribution in [3.63, 3.8) is 0 Å². The molecule has 2 aliphatic heterocycles. The van der Waals surface area contributed by atoms with Crippen molar-refractivity contribution in [2.24, 2.45) is 5.92 Å². The molecular weight excluding hydrogens is 178 g/mol. The molecule has 2 fully saturated rings. The van der Waals surface area contributed by atoms with Gasteiger partial charge in [0.1, 0.15) is 0 Å². The number of nitrogens with zero attached hydrogens (tertiary/aromatic N) is 1. The SMILES string of the molecule is O=C1CCCN(CCC2CCNC2)N1. The van der Waals surface area contributed by atoms with Crippen molar-refractivity contribution in [2.75, 3.05) is 26.2 Å². The fourth-order valence-electron chi connectivity index (χ4n) is 2.19. The van der Waals surface area contributed by atoms with Crippen LogP contribution in [0.3, 0.4) is 0 Å². The Hall–Kier alpha value is -0.610. The molecule has 80 valence electrons. The van der Waals surface area contributed by atoms with E-state index < -0.39 is 0 Å². The zero-order valence-corrected chi connectivity index (χ0v) is 8.59. The molecule has 4 nitrogen and oxygen atoms in total. The van der Waals surface area contributed by atoms with Crippen LogP contribution in [0.1, 0.15) is 25.7 Å². The lowest BCUT2D eigenvalue weighted by Gasteiger charge is -2.27. The Labute approximate surface area is 85.0 Å². The van der Waals surface area contributed by atoms with Crippen LogP contribution < -0.4 is 10.7 Å². The largest absolute Gasteiger partial charge is 0.316 e. The lowest BCUT2D eigenvalue weighted by Crippen LogP contribution is -2.47. The molecule has 2 rings (SSSR count). The Balaban J connectivity index is 1.66. The smallest absolute Gasteiger partial charge is 0.234 e. The first-order valence-electron chi connectivity index (χ1n) is 5.60. The molecule has 1 atom stereocenters. The minimum Gasteiger partial charge on any atom is -0.316 e. The first-order valence-corrected chi connectivity index (χ1v) is 5.60. The van der Waals surface area contributed by atoms with Crippen molar-refractivity contribution in [1.29, 1.82) is 0 Å². The van der Waals surface area contributed by atoms with Gasteiger partial charge in [-0.25, -0.2) is 5.01 Å². The maximum absolute atomic E-state index is 11.1. The molecule has 2 heterocycles. The van der Waals surface area contributed by atoms with Gasteiger partial charge in [-0.3, -0.25) is 10.2 Å². The van der Waals surface area contributed by atoms with Gasteiger partial charge in [0.15, 0.2) is 0 Å². The number of carbonyl (C=O) groups is 1. The summed E-state index contributed by atoms with van der Waals surface area (Å²) in [6.07, 6.45) is 4.20. The van der Waals surface area contributed by atoms with Crippen LogP contribution >= 0.6 is 0 Å². The Kier molecular flexibility index (Phi) is 3.37. The second-order valence-electron chi connectivity index (χ2n) is 4.27. The van der Waals surface area contributed by atoms with Crippen molar-refractivity contribution in [1.82, 2.24) is 15.8 Å². The van der Waals surface area contributed by atoms with Crippen molar-refractivity contribution >= 4 is 5.91 Å². The van der Waals surface area contributed by atoms with Crippen molar-refractivity contribution < 1.29 is 4.79 Å². The summed E-state index contributed by atoms with van der Waals surface area (Å²) >= 11 is 0. The molecule has 0 aromatic carbocycles. The van der Waals surface area contributed by atoms with Crippen molar-refractivity contribution in [3.8, 4) is 0 Å². The highest BCUT2D eigenvalue weighted by atomic mass is 16.2. The summed E-state index contributed by atoms with van der Waals surface area (Å²) in [4.78, 5) is 11.1. The normalized spacial score (nSPS) is 29.1. The molecule has 2 aliphatic rings. The number of hydrogen-bond acceptors (Lipinski definition) is 3. The predicted molar refractivity (Wildman–Crippen MR) is 54.5 cm³/mol. The lowest BCUT2D eigenvalue weighted by atomic mass is 10.1. The lowest BCUT2D eigenvalue weighted by molar-refractivity contribution is -0.128. The van der Waals surface area contributed by atoms with Crippen LogP contribution in [-0.2, 0) is 4.79 Å². The van der Waals surface area contributed by atoms with Crippen LogP contribution in [0.2, 0.25) is 0 Å². The van der Waals surface area contributed by atoms with Crippen LogP contribution in [0.5, 0.6) is 0 Å². The monoisotopic (exact) mass is 197 g/mol. The van der Waals surface area contributed by atoms with E-state index in [4.69, 9.17) is 0 Å². The second kappa shape index (κ2) is 4.75. The summed E-state index contributed by atoms with van der Waals surface area (Å²) in [6, 6.07) is 0. The van der Waals surface area contributed by atoms with Gasteiger partial charge in [-0.2, -0.15) is 0 Å². The van der Waals surface area contributed by atoms with E-state index in [0.717, 1.165) is 38.5 Å². The van der Waals surface area contributed by atoms with Crippen LogP contribution in [0, 0.1) is 5.92 Å². The number of carbonyl (C=O) groups excluding carboxylic acids is 1. The summed E-state index contributed by atoms with van der Waals surface area (Å²) in [6.45, 7) is 4.35. The molecule has 2 N–H and O–H groups in total. The number of amides is 1. The summed E-state index contributed by atoms with van der Waals surface area (Å²) in [7, 11) is 0. The van der Waals surface area contributed by atoms with Crippen molar-refractivity contribution in [3.05, 3.63) is 0 Å². The van der Waals surface area contributed by atoms with E-state index in [-0.39, 0.29) is 5.91 Å². The zero-order chi connectivity index (χ0) is 9.80. The summed E-state index contributed by atoms with van der Waals surface area (Å²) in [5.74, 6) is 0.995.